The molecule has 0 saturated heterocycles. The summed E-state index contributed by atoms with van der Waals surface area (Å²) in [5, 5.41) is 11.1. The van der Waals surface area contributed by atoms with E-state index in [1.165, 1.54) is 15.9 Å². The minimum Gasteiger partial charge on any atom is -0.490 e. The van der Waals surface area contributed by atoms with Gasteiger partial charge in [-0.2, -0.15) is 10.2 Å². The molecule has 1 aliphatic carbocycles. The first-order chi connectivity index (χ1) is 19.0. The summed E-state index contributed by atoms with van der Waals surface area (Å²) in [5.74, 6) is 2.82. The molecule has 1 fully saturated rings. The summed E-state index contributed by atoms with van der Waals surface area (Å²) in [6, 6.07) is 20.1. The van der Waals surface area contributed by atoms with Crippen LogP contribution < -0.4 is 14.8 Å². The molecule has 0 atom stereocenters. The molecule has 4 aromatic rings. The zero-order chi connectivity index (χ0) is 28.3. The van der Waals surface area contributed by atoms with E-state index in [0.717, 1.165) is 24.3 Å². The van der Waals surface area contributed by atoms with Crippen LogP contribution in [0.5, 0.6) is 17.2 Å². The van der Waals surface area contributed by atoms with Crippen LogP contribution in [0.1, 0.15) is 58.6 Å². The molecule has 0 radical (unpaired) electrons. The second-order valence-corrected chi connectivity index (χ2v) is 11.5. The number of hydrogen-bond acceptors (Lipinski definition) is 7. The Bertz CT molecular complexity index is 1400. The van der Waals surface area contributed by atoms with Crippen LogP contribution in [0.15, 0.2) is 79.3 Å². The van der Waals surface area contributed by atoms with E-state index in [1.807, 2.05) is 57.2 Å². The summed E-state index contributed by atoms with van der Waals surface area (Å²) in [7, 11) is 0. The van der Waals surface area contributed by atoms with Gasteiger partial charge in [0.05, 0.1) is 18.6 Å². The van der Waals surface area contributed by atoms with Crippen LogP contribution >= 0.6 is 0 Å². The molecule has 1 N–H and O–H groups in total. The van der Waals surface area contributed by atoms with Crippen LogP contribution in [0.2, 0.25) is 0 Å². The lowest BCUT2D eigenvalue weighted by molar-refractivity contribution is 0.0363. The first-order valence-corrected chi connectivity index (χ1v) is 13.4. The highest BCUT2D eigenvalue weighted by Crippen LogP contribution is 2.35. The number of nitrogens with one attached hydrogen (secondary N) is 1. The fourth-order valence-electron chi connectivity index (χ4n) is 4.52. The summed E-state index contributed by atoms with van der Waals surface area (Å²) < 4.78 is 17.4. The van der Waals surface area contributed by atoms with Crippen LogP contribution in [0.3, 0.4) is 0 Å². The quantitative estimate of drug-likeness (QED) is 0.283. The van der Waals surface area contributed by atoms with Crippen LogP contribution in [-0.2, 0) is 10.2 Å². The summed E-state index contributed by atoms with van der Waals surface area (Å²) in [4.78, 5) is 17.7. The summed E-state index contributed by atoms with van der Waals surface area (Å²) >= 11 is 0. The molecule has 0 spiro atoms. The van der Waals surface area contributed by atoms with Crippen LogP contribution in [0, 0.1) is 0 Å². The number of carbonyl (C=O) groups is 1. The predicted molar refractivity (Wildman–Crippen MR) is 151 cm³/mol. The van der Waals surface area contributed by atoms with Crippen LogP contribution in [0.4, 0.5) is 4.79 Å². The number of benzene rings is 2. The molecule has 9 heteroatoms. The third-order valence-corrected chi connectivity index (χ3v) is 6.85. The van der Waals surface area contributed by atoms with E-state index in [2.05, 4.69) is 58.6 Å². The molecule has 0 bridgehead atoms. The van der Waals surface area contributed by atoms with Gasteiger partial charge >= 0.3 is 6.09 Å². The van der Waals surface area contributed by atoms with Gasteiger partial charge in [-0.25, -0.2) is 9.78 Å². The lowest BCUT2D eigenvalue weighted by atomic mass is 9.78. The number of aromatic nitrogens is 4. The van der Waals surface area contributed by atoms with Crippen molar-refractivity contribution in [1.29, 1.82) is 0 Å². The molecule has 2 aromatic heterocycles. The Labute approximate surface area is 234 Å². The smallest absolute Gasteiger partial charge is 0.407 e. The molecule has 1 saturated carbocycles. The molecule has 1 aliphatic rings. The van der Waals surface area contributed by atoms with Crippen molar-refractivity contribution in [2.45, 2.75) is 70.6 Å². The molecule has 9 nitrogen and oxygen atoms in total. The Morgan fingerprint density at radius 1 is 0.825 bits per heavy atom. The van der Waals surface area contributed by atoms with E-state index in [-0.39, 0.29) is 23.7 Å². The lowest BCUT2D eigenvalue weighted by Crippen LogP contribution is -2.50. The highest BCUT2D eigenvalue weighted by Gasteiger charge is 2.33. The number of hydrogen-bond donors (Lipinski definition) is 1. The average molecular weight is 542 g/mol. The molecule has 1 amide bonds. The largest absolute Gasteiger partial charge is 0.490 e. The molecular weight excluding hydrogens is 506 g/mol. The Hall–Kier alpha value is -4.40. The number of rotatable bonds is 8. The molecule has 208 valence electrons. The minimum atomic E-state index is -0.500. The molecule has 2 heterocycles. The number of nitrogens with zero attached hydrogens (tertiary/aromatic N) is 4. The Morgan fingerprint density at radius 2 is 1.40 bits per heavy atom. The fourth-order valence-corrected chi connectivity index (χ4v) is 4.52. The number of ether oxygens (including phenoxy) is 3. The zero-order valence-electron chi connectivity index (χ0n) is 23.5. The van der Waals surface area contributed by atoms with E-state index < -0.39 is 5.60 Å². The Kier molecular flexibility index (Phi) is 7.47. The van der Waals surface area contributed by atoms with Gasteiger partial charge in [0, 0.05) is 24.3 Å². The Morgan fingerprint density at radius 3 is 1.95 bits per heavy atom. The summed E-state index contributed by atoms with van der Waals surface area (Å²) in [6.07, 6.45) is 6.11. The molecule has 40 heavy (non-hydrogen) atoms. The van der Waals surface area contributed by atoms with Crippen molar-refractivity contribution in [3.63, 3.8) is 0 Å². The van der Waals surface area contributed by atoms with Gasteiger partial charge in [-0.3, -0.25) is 0 Å². The van der Waals surface area contributed by atoms with Crippen LogP contribution in [-0.4, -0.2) is 43.8 Å². The maximum absolute atomic E-state index is 11.9. The van der Waals surface area contributed by atoms with E-state index in [9.17, 15) is 4.79 Å². The number of pyridine rings is 1. The highest BCUT2D eigenvalue weighted by molar-refractivity contribution is 5.68. The van der Waals surface area contributed by atoms with Crippen molar-refractivity contribution >= 4 is 6.09 Å². The normalized spacial score (nSPS) is 17.0. The average Bonchev–Trinajstić information content (AvgIpc) is 3.43. The van der Waals surface area contributed by atoms with Crippen molar-refractivity contribution in [2.75, 3.05) is 0 Å². The van der Waals surface area contributed by atoms with Crippen molar-refractivity contribution < 1.29 is 19.0 Å². The van der Waals surface area contributed by atoms with Gasteiger partial charge in [0.25, 0.3) is 0 Å². The van der Waals surface area contributed by atoms with Gasteiger partial charge in [-0.15, -0.1) is 4.80 Å². The number of carbonyl (C=O) groups excluding carboxylic acids is 1. The van der Waals surface area contributed by atoms with Gasteiger partial charge in [-0.1, -0.05) is 38.1 Å². The SMILES string of the molecule is CC(C)(C)OC(=O)NC1CC(Oc2ccc(C(C)(C)c3ccc(Oc4ccc(-n5nccn5)nc4)cc3)cc2)C1. The minimum absolute atomic E-state index is 0.0833. The van der Waals surface area contributed by atoms with Crippen LogP contribution in [0.25, 0.3) is 5.82 Å². The maximum atomic E-state index is 11.9. The van der Waals surface area contributed by atoms with Gasteiger partial charge in [0.15, 0.2) is 5.82 Å². The van der Waals surface area contributed by atoms with E-state index >= 15 is 0 Å². The third-order valence-electron chi connectivity index (χ3n) is 6.85. The lowest BCUT2D eigenvalue weighted by Gasteiger charge is -2.36. The molecule has 0 aliphatic heterocycles. The topological polar surface area (TPSA) is 100 Å². The van der Waals surface area contributed by atoms with Crippen molar-refractivity contribution in [3.8, 4) is 23.1 Å². The predicted octanol–water partition coefficient (Wildman–Crippen LogP) is 6.22. The standard InChI is InChI=1S/C31H35N5O4/c1-30(2,3)40-29(37)35-23-18-27(19-23)39-25-12-8-22(9-13-25)31(4,5)21-6-10-24(11-7-21)38-26-14-15-28(32-20-26)36-33-16-17-34-36/h6-17,20,23,27H,18-19H2,1-5H3,(H,35,37). The first-order valence-electron chi connectivity index (χ1n) is 13.4. The molecule has 0 unspecified atom stereocenters. The number of amides is 1. The zero-order valence-corrected chi connectivity index (χ0v) is 23.5. The monoisotopic (exact) mass is 541 g/mol. The first kappa shape index (κ1) is 27.2. The van der Waals surface area contributed by atoms with E-state index in [1.54, 1.807) is 18.6 Å². The number of alkyl carbamates (subject to hydrolysis) is 1. The van der Waals surface area contributed by atoms with Gasteiger partial charge in [-0.05, 0) is 68.3 Å². The van der Waals surface area contributed by atoms with Gasteiger partial charge < -0.3 is 19.5 Å². The summed E-state index contributed by atoms with van der Waals surface area (Å²) in [6.45, 7) is 9.96. The second kappa shape index (κ2) is 11.0. The summed E-state index contributed by atoms with van der Waals surface area (Å²) in [5.41, 5.74) is 1.63. The van der Waals surface area contributed by atoms with Gasteiger partial charge in [0.2, 0.25) is 0 Å². The fraction of sp³-hybridized carbons (Fsp3) is 0.355. The molecule has 2 aromatic carbocycles. The van der Waals surface area contributed by atoms with Crippen molar-refractivity contribution in [1.82, 2.24) is 25.3 Å². The van der Waals surface area contributed by atoms with Crippen molar-refractivity contribution in [2.24, 2.45) is 0 Å². The van der Waals surface area contributed by atoms with E-state index in [4.69, 9.17) is 14.2 Å². The van der Waals surface area contributed by atoms with E-state index in [0.29, 0.717) is 11.6 Å². The van der Waals surface area contributed by atoms with Crippen molar-refractivity contribution in [3.05, 3.63) is 90.4 Å². The maximum Gasteiger partial charge on any atom is 0.407 e. The molecular formula is C31H35N5O4. The second-order valence-electron chi connectivity index (χ2n) is 11.5. The van der Waals surface area contributed by atoms with Gasteiger partial charge in [0.1, 0.15) is 29.0 Å². The Balaban J connectivity index is 1.13. The third kappa shape index (κ3) is 6.59. The highest BCUT2D eigenvalue weighted by atomic mass is 16.6. The molecule has 5 rings (SSSR count).